The van der Waals surface area contributed by atoms with E-state index in [1.807, 2.05) is 0 Å². The Bertz CT molecular complexity index is 2740. The van der Waals surface area contributed by atoms with Gasteiger partial charge < -0.3 is 255 Å². The van der Waals surface area contributed by atoms with Crippen LogP contribution in [0.3, 0.4) is 0 Å². The monoisotopic (exact) mass is 1670 g/mol. The maximum atomic E-state index is 10.4. The van der Waals surface area contributed by atoms with Gasteiger partial charge in [-0.15, -0.1) is 0 Å². The van der Waals surface area contributed by atoms with Crippen molar-refractivity contribution < 1.29 is 255 Å². The first-order valence-electron chi connectivity index (χ1n) is 35.0. The zero-order chi connectivity index (χ0) is 84.9. The molecule has 0 spiro atoms. The summed E-state index contributed by atoms with van der Waals surface area (Å²) in [5.41, 5.74) is 0. The summed E-state index contributed by atoms with van der Waals surface area (Å²) in [5, 5.41) is 349. The molecule has 10 rings (SSSR count). The SMILES string of the molecule is CC1=NCC[C@@H](C(=O)O)N1.OCC1O[C@@H](O)C(O)[C@H](O)[C@@H]1O[C@@H]1OC(CO)[C@H](O)[C@@H](O)C1O.OCC1O[C@H](OCC2O[C@H](O[C@]3(CO)O[C@H](CO)C(O)[C@H]3O)C(O)[C@H](O)[C@@H]2O)C(O)[C@H](O)[C@H]1O.OCC1O[C@H](O[C@H]2OC(CO)[C@@H](O)[C@@H](O)C2O)C(O)[C@H](O)[C@@H]1O.OC[C@H]1O[C@@H](OC[C@H]2OC(O)[C@H](O)[C@@H](O)[C@@H]2O)[C@H](O)[C@@H](O)[C@@H]1O. The van der Waals surface area contributed by atoms with E-state index in [1.165, 1.54) is 0 Å². The number of hydrogen-bond donors (Lipinski definition) is 37. The highest BCUT2D eigenvalue weighted by molar-refractivity contribution is 5.86. The fraction of sp³-hybridized carbons (Fsp3) is 0.967. The molecular weight excluding hydrogens is 1560 g/mol. The number of aliphatic carboxylic acids is 1. The van der Waals surface area contributed by atoms with Crippen LogP contribution in [-0.2, 0) is 71.1 Å². The summed E-state index contributed by atoms with van der Waals surface area (Å²) in [6.45, 7) is -4.52. The third-order valence-electron chi connectivity index (χ3n) is 19.5. The summed E-state index contributed by atoms with van der Waals surface area (Å²) in [6, 6.07) is -0.433. The molecule has 53 heteroatoms. The third kappa shape index (κ3) is 23.6. The lowest BCUT2D eigenvalue weighted by atomic mass is 9.97. The fourth-order valence-corrected chi connectivity index (χ4v) is 12.5. The maximum Gasteiger partial charge on any atom is 0.326 e. The predicted molar refractivity (Wildman–Crippen MR) is 344 cm³/mol. The number of nitrogens with zero attached hydrogens (tertiary/aromatic N) is 1. The lowest BCUT2D eigenvalue weighted by Crippen LogP contribution is -2.64. The molecule has 664 valence electrons. The second-order valence-electron chi connectivity index (χ2n) is 27.3. The number of amidine groups is 1. The van der Waals surface area contributed by atoms with Crippen molar-refractivity contribution in [3.63, 3.8) is 0 Å². The maximum absolute atomic E-state index is 10.4. The molecule has 0 amide bonds. The van der Waals surface area contributed by atoms with Crippen LogP contribution in [0.15, 0.2) is 4.99 Å². The molecule has 14 unspecified atom stereocenters. The predicted octanol–water partition coefficient (Wildman–Crippen LogP) is -23.9. The van der Waals surface area contributed by atoms with Crippen molar-refractivity contribution in [3.05, 3.63) is 0 Å². The molecule has 10 aliphatic rings. The number of carboxylic acid groups (broad SMARTS) is 1. The molecule has 0 bridgehead atoms. The lowest BCUT2D eigenvalue weighted by Gasteiger charge is -2.45. The van der Waals surface area contributed by atoms with E-state index in [9.17, 15) is 163 Å². The molecule has 0 aromatic rings. The van der Waals surface area contributed by atoms with Crippen LogP contribution >= 0.6 is 0 Å². The molecule has 0 saturated carbocycles. The minimum absolute atomic E-state index is 0.433. The topological polar surface area (TPSA) is 899 Å². The van der Waals surface area contributed by atoms with Gasteiger partial charge in [0.25, 0.3) is 0 Å². The van der Waals surface area contributed by atoms with Crippen molar-refractivity contribution in [1.82, 2.24) is 5.32 Å². The van der Waals surface area contributed by atoms with Crippen LogP contribution in [0.25, 0.3) is 0 Å². The number of carboxylic acids is 1. The van der Waals surface area contributed by atoms with Crippen LogP contribution in [0.1, 0.15) is 13.3 Å². The number of aliphatic imine (C=N–C) groups is 1. The van der Waals surface area contributed by atoms with Gasteiger partial charge in [0.15, 0.2) is 50.3 Å². The quantitative estimate of drug-likeness (QED) is 0.0507. The van der Waals surface area contributed by atoms with Crippen LogP contribution in [-0.4, -0.2) is 544 Å². The van der Waals surface area contributed by atoms with E-state index in [0.717, 1.165) is 5.84 Å². The summed E-state index contributed by atoms with van der Waals surface area (Å²) in [6.07, 6.45) is -67.6. The Balaban J connectivity index is 0.000000228. The number of nitrogens with one attached hydrogen (secondary N) is 1. The molecule has 10 aliphatic heterocycles. The molecule has 10 heterocycles. The van der Waals surface area contributed by atoms with Gasteiger partial charge in [-0.25, -0.2) is 4.79 Å². The Labute approximate surface area is 637 Å². The fourth-order valence-electron chi connectivity index (χ4n) is 12.5. The van der Waals surface area contributed by atoms with Gasteiger partial charge in [0.1, 0.15) is 226 Å². The van der Waals surface area contributed by atoms with Crippen LogP contribution in [0.2, 0.25) is 0 Å². The molecule has 45 atom stereocenters. The van der Waals surface area contributed by atoms with E-state index in [1.54, 1.807) is 6.92 Å². The van der Waals surface area contributed by atoms with Gasteiger partial charge in [-0.1, -0.05) is 0 Å². The Morgan fingerprint density at radius 1 is 0.354 bits per heavy atom. The number of rotatable bonds is 21. The number of carbonyl (C=O) groups is 1. The van der Waals surface area contributed by atoms with Crippen molar-refractivity contribution in [2.24, 2.45) is 4.99 Å². The molecule has 37 N–H and O–H groups in total. The normalized spacial score (nSPS) is 49.4. The van der Waals surface area contributed by atoms with Gasteiger partial charge in [0.2, 0.25) is 5.79 Å². The van der Waals surface area contributed by atoms with Crippen molar-refractivity contribution in [2.75, 3.05) is 72.6 Å². The zero-order valence-electron chi connectivity index (χ0n) is 59.6. The first kappa shape index (κ1) is 98.8. The molecule has 0 aromatic carbocycles. The molecule has 53 nitrogen and oxygen atoms in total. The minimum atomic E-state index is -2.36. The van der Waals surface area contributed by atoms with Crippen molar-refractivity contribution in [3.8, 4) is 0 Å². The van der Waals surface area contributed by atoms with E-state index in [0.29, 0.717) is 13.0 Å². The first-order valence-corrected chi connectivity index (χ1v) is 35.0. The Morgan fingerprint density at radius 2 is 0.655 bits per heavy atom. The number of aliphatic hydroxyl groups excluding tert-OH is 35. The molecule has 0 radical (unpaired) electrons. The summed E-state index contributed by atoms with van der Waals surface area (Å²) < 4.78 is 72.1. The van der Waals surface area contributed by atoms with Crippen molar-refractivity contribution >= 4 is 11.8 Å². The minimum Gasteiger partial charge on any atom is -0.480 e. The average molecular weight is 1670 g/mol. The van der Waals surface area contributed by atoms with E-state index in [2.05, 4.69) is 10.3 Å². The van der Waals surface area contributed by atoms with Gasteiger partial charge in [0.05, 0.1) is 65.3 Å². The average Bonchev–Trinajstić information content (AvgIpc) is 1.67. The summed E-state index contributed by atoms with van der Waals surface area (Å²) >= 11 is 0. The summed E-state index contributed by atoms with van der Waals surface area (Å²) in [4.78, 5) is 14.4. The van der Waals surface area contributed by atoms with Gasteiger partial charge in [-0.2, -0.15) is 0 Å². The second-order valence-corrected chi connectivity index (χ2v) is 27.3. The van der Waals surface area contributed by atoms with E-state index in [4.69, 9.17) is 91.8 Å². The van der Waals surface area contributed by atoms with E-state index in [-0.39, 0.29) is 0 Å². The van der Waals surface area contributed by atoms with Crippen molar-refractivity contribution in [1.29, 1.82) is 0 Å². The lowest BCUT2D eigenvalue weighted by molar-refractivity contribution is -0.388. The Kier molecular flexibility index (Phi) is 38.9. The van der Waals surface area contributed by atoms with Crippen LogP contribution < -0.4 is 5.32 Å². The standard InChI is InChI=1S/C18H32O16.3C12H22O11.C6H10N2O2/c19-1-5-8(22)11(25)13(27)16(31-5)30-3-7-9(23)12(26)14(28)17(32-7)34-18(4-21)15(29)10(24)6(2-20)33-18;13-1-3-5(15)6(16)9(19)12(22-3)23-10-4(2-14)21-11(20)8(18)7(10)17;13-1-3-5(14)8(17)10(19)12(23-3)21-2-4-6(15)7(16)9(18)11(20)22-4;13-1-3-5(15)7(17)9(19)11(21-3)23-12-10(20)8(18)6(16)4(2-14)22-12;1-4-7-3-2-5(8-4)6(9)10/h5-17,19-29H,1-4H2;3*3-20H,1-2H2;5H,2-3H2,1H3,(H,7,8)(H,9,10)/t5?,6-,7?,8+,9-,10?,11-,12-,13?,14?,15-,16+,17-,18+;3?,4?,5-,6+,7-,8?,9?,10+,11+,12-;3-,4-,5-,6-,7+,8+,9-,10-,11?,12-;3?,4?,5-,6-,7-,8-,9?,10?,11-,12-;5-/m10110/s1. The van der Waals surface area contributed by atoms with Crippen molar-refractivity contribution in [2.45, 2.75) is 289 Å². The summed E-state index contributed by atoms with van der Waals surface area (Å²) in [5.74, 6) is -2.43. The van der Waals surface area contributed by atoms with Gasteiger partial charge in [0, 0.05) is 6.54 Å². The van der Waals surface area contributed by atoms with Gasteiger partial charge in [-0.3, -0.25) is 4.99 Å². The first-order chi connectivity index (χ1) is 53.1. The smallest absolute Gasteiger partial charge is 0.326 e. The van der Waals surface area contributed by atoms with Crippen LogP contribution in [0, 0.1) is 0 Å². The zero-order valence-corrected chi connectivity index (χ0v) is 59.6. The largest absolute Gasteiger partial charge is 0.480 e. The second kappa shape index (κ2) is 44.5. The Hall–Kier alpha value is -3.02. The molecular formula is C60H108N2O51. The molecule has 9 fully saturated rings. The molecule has 0 aromatic heterocycles. The molecule has 113 heavy (non-hydrogen) atoms. The van der Waals surface area contributed by atoms with Crippen LogP contribution in [0.4, 0.5) is 0 Å². The highest BCUT2D eigenvalue weighted by Gasteiger charge is 2.60. The van der Waals surface area contributed by atoms with Gasteiger partial charge in [-0.05, 0) is 13.3 Å². The van der Waals surface area contributed by atoms with E-state index >= 15 is 0 Å². The third-order valence-corrected chi connectivity index (χ3v) is 19.5. The molecule has 9 saturated heterocycles. The number of aliphatic hydroxyl groups is 35. The van der Waals surface area contributed by atoms with Gasteiger partial charge >= 0.3 is 5.97 Å². The Morgan fingerprint density at radius 3 is 0.991 bits per heavy atom. The van der Waals surface area contributed by atoms with Crippen LogP contribution in [0.5, 0.6) is 0 Å². The highest BCUT2D eigenvalue weighted by Crippen LogP contribution is 2.38. The number of hydrogen-bond acceptors (Lipinski definition) is 52. The van der Waals surface area contributed by atoms with E-state index < -0.39 is 348 Å². The highest BCUT2D eigenvalue weighted by atomic mass is 16.8. The molecule has 0 aliphatic carbocycles. The number of ether oxygens (including phenoxy) is 14. The summed E-state index contributed by atoms with van der Waals surface area (Å²) in [7, 11) is 0.